The summed E-state index contributed by atoms with van der Waals surface area (Å²) in [6.07, 6.45) is 0. The molecule has 0 saturated carbocycles. The number of H-pyrrole nitrogens is 1. The summed E-state index contributed by atoms with van der Waals surface area (Å²) >= 11 is 21.6. The minimum Gasteiger partial charge on any atom is -0.398 e. The van der Waals surface area contributed by atoms with Gasteiger partial charge in [0, 0.05) is 151 Å². The molecule has 20 aromatic carbocycles. The Kier molecular flexibility index (Phi) is 19.5. The number of hydrogen-bond acceptors (Lipinski definition) is 6. The lowest BCUT2D eigenvalue weighted by Gasteiger charge is -2.12. The molecule has 0 unspecified atom stereocenters. The molecule has 660 valence electrons. The monoisotopic (exact) mass is 1920 g/mol. The molecule has 12 heterocycles. The molecule has 12 aromatic heterocycles. The van der Waals surface area contributed by atoms with Gasteiger partial charge >= 0.3 is 0 Å². The molecule has 32 rings (SSSR count). The van der Waals surface area contributed by atoms with Crippen LogP contribution in [-0.2, 0) is 0 Å². The summed E-state index contributed by atoms with van der Waals surface area (Å²) in [4.78, 5) is 22.7. The van der Waals surface area contributed by atoms with Gasteiger partial charge in [0.2, 0.25) is 11.2 Å². The number of hydrogen-bond donors (Lipinski definition) is 3. The molecule has 12 nitrogen and oxygen atoms in total. The van der Waals surface area contributed by atoms with Crippen LogP contribution in [0.3, 0.4) is 0 Å². The molecule has 0 atom stereocenters. The fourth-order valence-electron chi connectivity index (χ4n) is 22.0. The maximum absolute atomic E-state index is 6.36. The Morgan fingerprint density at radius 3 is 1.06 bits per heavy atom. The van der Waals surface area contributed by atoms with E-state index in [1.165, 1.54) is 185 Å². The van der Waals surface area contributed by atoms with Gasteiger partial charge in [0.1, 0.15) is 0 Å². The molecule has 0 aliphatic rings. The van der Waals surface area contributed by atoms with E-state index in [1.54, 1.807) is 12.1 Å². The van der Waals surface area contributed by atoms with Crippen LogP contribution in [-0.4, -0.2) is 47.1 Å². The van der Waals surface area contributed by atoms with Crippen molar-refractivity contribution in [2.75, 3.05) is 11.1 Å². The number of benzene rings is 20. The third-order valence-electron chi connectivity index (χ3n) is 27.7. The number of para-hydroxylation sites is 14. The Hall–Kier alpha value is -17.2. The fraction of sp³-hybridized carbons (Fsp3) is 0. The molecule has 0 saturated heterocycles. The Bertz CT molecular complexity index is 10400. The number of nitrogen functional groups attached to an aromatic ring is 1. The number of nitrogens with two attached hydrogens (primary N) is 1. The van der Waals surface area contributed by atoms with Gasteiger partial charge in [-0.3, -0.25) is 4.57 Å². The zero-order chi connectivity index (χ0) is 93.1. The van der Waals surface area contributed by atoms with Gasteiger partial charge in [0.25, 0.3) is 0 Å². The number of fused-ring (bicyclic) bond motifs is 34. The lowest BCUT2D eigenvalue weighted by Crippen LogP contribution is -2.03. The lowest BCUT2D eigenvalue weighted by molar-refractivity contribution is 1.01. The van der Waals surface area contributed by atoms with Crippen LogP contribution >= 0.6 is 50.7 Å². The first-order valence-electron chi connectivity index (χ1n) is 46.6. The van der Waals surface area contributed by atoms with Gasteiger partial charge in [0.15, 0.2) is 0 Å². The van der Waals surface area contributed by atoms with Crippen molar-refractivity contribution in [2.45, 2.75) is 0 Å². The number of nitrogens with zero attached hydrogens (tertiary/aromatic N) is 9. The Morgan fingerprint density at radius 2 is 0.593 bits per heavy atom. The van der Waals surface area contributed by atoms with Gasteiger partial charge in [-0.05, 0) is 145 Å². The molecular weight excluding hydrogens is 1840 g/mol. The third kappa shape index (κ3) is 13.0. The summed E-state index contributed by atoms with van der Waals surface area (Å²) in [5.74, 6) is 0.681. The van der Waals surface area contributed by atoms with Gasteiger partial charge in [-0.15, -0.1) is 0 Å². The van der Waals surface area contributed by atoms with Crippen molar-refractivity contribution >= 4 is 286 Å². The SMILES string of the molecule is Brc1cc2c3ccccc3n3c4ccccc4c(c1)c23.Clc1ccccc1Nc1cc2c3ccccc3n3c4ccccc4c(c1)c23.Clc1nc(-c2ccccc2)c2ccccc2n1.Nc1ccccc1Cl.c1ccc(-c2nc(-n3c4ccccc4c4c5c6ccccc6n6c7ccccc7c(cc43)c56)nc3ccccc23)cc1.c1ccc2c(c1)[nH]c1cc3c4ccccc4n4c5ccccc5c(c12)c34. The van der Waals surface area contributed by atoms with Gasteiger partial charge in [-0.25, -0.2) is 19.9 Å². The van der Waals surface area contributed by atoms with E-state index in [-0.39, 0.29) is 5.28 Å². The number of nitrogens with one attached hydrogen (secondary N) is 2. The summed E-state index contributed by atoms with van der Waals surface area (Å²) in [7, 11) is 0. The first-order chi connectivity index (χ1) is 69.1. The van der Waals surface area contributed by atoms with Crippen LogP contribution in [0.4, 0.5) is 17.1 Å². The molecule has 32 aromatic rings. The van der Waals surface area contributed by atoms with Gasteiger partial charge in [0.05, 0.1) is 121 Å². The molecule has 16 heteroatoms. The standard InChI is InChI=1S/C38H22N4.C24H15ClN2.C24H14N2.C18H10BrN.C14H9ClN2.C6H6ClN/c1-2-12-23(13-3-1)36-25-15-4-8-18-29(25)39-38(40-36)42-32-21-11-6-16-26(32)34-33(42)22-28-24-14-5-9-19-30(24)41-31-20-10-7-17-27(31)35(34)37(28)41;25-20-9-3-4-10-21(20)26-15-13-18-16-7-1-5-11-22(16)27-23-12-6-2-8-17(23)19(14-15)24(18)27;1-4-10-18-15(8-1)22-19(25-18)13-17-14-7-2-5-11-20(14)26-21-12-6-3-9-16(21)23(22)24(17)26;19-11-9-14-12-5-1-3-7-16(12)20-17-8-4-2-6-13(17)15(10-11)18(14)20;15-14-16-12-9-5-4-8-11(12)13(17-14)10-6-2-1-3-7-10;7-5-3-1-2-4-6(5)8/h1-22H;1-14,26H;1-13,25H;1-10H;1-9H;1-4H,8H2. The molecule has 4 N–H and O–H groups in total. The van der Waals surface area contributed by atoms with Gasteiger partial charge < -0.3 is 33.6 Å². The summed E-state index contributed by atoms with van der Waals surface area (Å²) in [6.45, 7) is 0. The topological polar surface area (TPSA) is 128 Å². The summed E-state index contributed by atoms with van der Waals surface area (Å²) < 4.78 is 13.1. The van der Waals surface area contributed by atoms with Crippen molar-refractivity contribution in [1.82, 2.24) is 47.1 Å². The zero-order valence-electron chi connectivity index (χ0n) is 74.7. The highest BCUT2D eigenvalue weighted by atomic mass is 79.9. The normalized spacial score (nSPS) is 11.9. The van der Waals surface area contributed by atoms with E-state index in [1.807, 2.05) is 97.1 Å². The lowest BCUT2D eigenvalue weighted by atomic mass is 10.0. The maximum Gasteiger partial charge on any atom is 0.235 e. The van der Waals surface area contributed by atoms with Gasteiger partial charge in [-0.2, -0.15) is 0 Å². The minimum atomic E-state index is 0.280. The first-order valence-corrected chi connectivity index (χ1v) is 48.5. The van der Waals surface area contributed by atoms with E-state index in [0.29, 0.717) is 16.7 Å². The Balaban J connectivity index is 0.0000000889. The second-order valence-corrected chi connectivity index (χ2v) is 37.6. The Morgan fingerprint density at radius 1 is 0.250 bits per heavy atom. The van der Waals surface area contributed by atoms with Crippen LogP contribution in [0.25, 0.3) is 246 Å². The van der Waals surface area contributed by atoms with E-state index in [0.717, 1.165) is 76.2 Å². The number of rotatable bonds is 5. The molecule has 0 spiro atoms. The molecule has 0 amide bonds. The molecule has 0 aliphatic heterocycles. The van der Waals surface area contributed by atoms with Crippen LogP contribution in [0.1, 0.15) is 0 Å². The van der Waals surface area contributed by atoms with Crippen LogP contribution in [0, 0.1) is 0 Å². The van der Waals surface area contributed by atoms with Gasteiger partial charge in [-0.1, -0.05) is 342 Å². The molecule has 140 heavy (non-hydrogen) atoms. The largest absolute Gasteiger partial charge is 0.398 e. The van der Waals surface area contributed by atoms with Crippen LogP contribution in [0.2, 0.25) is 15.3 Å². The van der Waals surface area contributed by atoms with Crippen molar-refractivity contribution in [1.29, 1.82) is 0 Å². The highest BCUT2D eigenvalue weighted by Gasteiger charge is 2.28. The predicted molar refractivity (Wildman–Crippen MR) is 595 cm³/mol. The fourth-order valence-corrected chi connectivity index (χ4v) is 23.0. The van der Waals surface area contributed by atoms with Crippen molar-refractivity contribution in [3.8, 4) is 28.5 Å². The highest BCUT2D eigenvalue weighted by molar-refractivity contribution is 9.10. The number of aromatic amines is 1. The van der Waals surface area contributed by atoms with E-state index >= 15 is 0 Å². The molecular formula is C124H76BrCl3N12. The number of anilines is 3. The summed E-state index contributed by atoms with van der Waals surface area (Å²) in [6, 6.07) is 152. The minimum absolute atomic E-state index is 0.280. The molecule has 0 bridgehead atoms. The second kappa shape index (κ2) is 33.1. The summed E-state index contributed by atoms with van der Waals surface area (Å²) in [5, 5.41) is 33.0. The average Bonchev–Trinajstić information content (AvgIpc) is 1.52. The van der Waals surface area contributed by atoms with Crippen molar-refractivity contribution in [2.24, 2.45) is 0 Å². The molecule has 0 fully saturated rings. The zero-order valence-corrected chi connectivity index (χ0v) is 78.5. The predicted octanol–water partition coefficient (Wildman–Crippen LogP) is 34.7. The molecule has 0 radical (unpaired) electrons. The summed E-state index contributed by atoms with van der Waals surface area (Å²) in [5.41, 5.74) is 33.7. The second-order valence-electron chi connectivity index (χ2n) is 35.5. The number of halogens is 4. The Labute approximate surface area is 822 Å². The van der Waals surface area contributed by atoms with E-state index in [9.17, 15) is 0 Å². The first kappa shape index (κ1) is 82.3. The third-order valence-corrected chi connectivity index (χ3v) is 29.0. The van der Waals surface area contributed by atoms with E-state index in [2.05, 4.69) is 386 Å². The van der Waals surface area contributed by atoms with Crippen LogP contribution in [0.15, 0.2) is 441 Å². The van der Waals surface area contributed by atoms with Crippen molar-refractivity contribution in [3.05, 3.63) is 457 Å². The molecule has 0 aliphatic carbocycles. The average molecular weight is 1920 g/mol. The van der Waals surface area contributed by atoms with E-state index < -0.39 is 0 Å². The van der Waals surface area contributed by atoms with E-state index in [4.69, 9.17) is 50.5 Å². The quantitative estimate of drug-likeness (QED) is 0.116. The van der Waals surface area contributed by atoms with Crippen molar-refractivity contribution in [3.63, 3.8) is 0 Å². The highest BCUT2D eigenvalue weighted by Crippen LogP contribution is 2.51. The van der Waals surface area contributed by atoms with Crippen LogP contribution in [0.5, 0.6) is 0 Å². The van der Waals surface area contributed by atoms with Crippen LogP contribution < -0.4 is 11.1 Å². The number of aromatic nitrogens is 10. The maximum atomic E-state index is 6.36. The smallest absolute Gasteiger partial charge is 0.235 e. The van der Waals surface area contributed by atoms with Crippen molar-refractivity contribution < 1.29 is 0 Å².